The SMILES string of the molecule is CC(C)=CCCC(C)=CCCC(C)=CCC1=C(O)C(=O)C(CC2=C(O)C(=O)C(CC=C(C)CCC=C(C)CCC=C(C)C)=C(O)C2=O)=C(O)C1=O. The number of aliphatic hydroxyl groups is 4. The van der Waals surface area contributed by atoms with Gasteiger partial charge in [-0.25, -0.2) is 0 Å². The molecule has 0 saturated heterocycles. The second-order valence-electron chi connectivity index (χ2n) is 14.1. The monoisotopic (exact) mass is 700 g/mol. The van der Waals surface area contributed by atoms with Gasteiger partial charge in [0.05, 0.1) is 22.3 Å². The van der Waals surface area contributed by atoms with Crippen LogP contribution in [0.15, 0.2) is 115 Å². The van der Waals surface area contributed by atoms with Crippen molar-refractivity contribution in [3.63, 3.8) is 0 Å². The van der Waals surface area contributed by atoms with Gasteiger partial charge in [-0.3, -0.25) is 19.2 Å². The molecular weight excluding hydrogens is 644 g/mol. The molecule has 0 bridgehead atoms. The van der Waals surface area contributed by atoms with Crippen molar-refractivity contribution in [2.24, 2.45) is 0 Å². The van der Waals surface area contributed by atoms with Gasteiger partial charge in [0.25, 0.3) is 0 Å². The van der Waals surface area contributed by atoms with E-state index in [9.17, 15) is 39.6 Å². The molecule has 2 rings (SSSR count). The zero-order chi connectivity index (χ0) is 38.4. The van der Waals surface area contributed by atoms with Crippen LogP contribution in [-0.2, 0) is 19.2 Å². The molecule has 276 valence electrons. The molecule has 0 fully saturated rings. The largest absolute Gasteiger partial charge is 0.504 e. The van der Waals surface area contributed by atoms with Gasteiger partial charge >= 0.3 is 0 Å². The molecule has 0 aliphatic heterocycles. The molecule has 8 nitrogen and oxygen atoms in total. The first-order chi connectivity index (χ1) is 24.0. The van der Waals surface area contributed by atoms with Crippen LogP contribution < -0.4 is 0 Å². The number of hydrogen-bond acceptors (Lipinski definition) is 8. The highest BCUT2D eigenvalue weighted by Gasteiger charge is 2.39. The molecule has 2 aliphatic rings. The van der Waals surface area contributed by atoms with E-state index in [0.29, 0.717) is 12.8 Å². The molecule has 0 heterocycles. The van der Waals surface area contributed by atoms with Gasteiger partial charge in [0, 0.05) is 6.42 Å². The molecular formula is C43H56O8. The molecule has 51 heavy (non-hydrogen) atoms. The van der Waals surface area contributed by atoms with Crippen LogP contribution in [0.1, 0.15) is 126 Å². The van der Waals surface area contributed by atoms with Crippen LogP contribution in [0.2, 0.25) is 0 Å². The summed E-state index contributed by atoms with van der Waals surface area (Å²) in [5.41, 5.74) is 5.11. The van der Waals surface area contributed by atoms with Crippen molar-refractivity contribution in [3.05, 3.63) is 115 Å². The lowest BCUT2D eigenvalue weighted by molar-refractivity contribution is -0.121. The van der Waals surface area contributed by atoms with Gasteiger partial charge in [-0.2, -0.15) is 0 Å². The number of aliphatic hydroxyl groups excluding tert-OH is 4. The maximum Gasteiger partial charge on any atom is 0.227 e. The molecule has 2 aliphatic carbocycles. The minimum atomic E-state index is -1.10. The van der Waals surface area contributed by atoms with Crippen LogP contribution in [0.5, 0.6) is 0 Å². The summed E-state index contributed by atoms with van der Waals surface area (Å²) in [6.07, 6.45) is 18.0. The van der Waals surface area contributed by atoms with E-state index < -0.39 is 63.7 Å². The van der Waals surface area contributed by atoms with Crippen molar-refractivity contribution in [2.75, 3.05) is 0 Å². The average molecular weight is 701 g/mol. The maximum absolute atomic E-state index is 13.1. The van der Waals surface area contributed by atoms with E-state index in [4.69, 9.17) is 0 Å². The molecule has 0 radical (unpaired) electrons. The summed E-state index contributed by atoms with van der Waals surface area (Å²) in [5, 5.41) is 42.8. The predicted octanol–water partition coefficient (Wildman–Crippen LogP) is 10.5. The van der Waals surface area contributed by atoms with Crippen LogP contribution in [0, 0.1) is 0 Å². The Morgan fingerprint density at radius 3 is 0.961 bits per heavy atom. The Balaban J connectivity index is 2.09. The van der Waals surface area contributed by atoms with E-state index in [1.165, 1.54) is 22.3 Å². The average Bonchev–Trinajstić information content (AvgIpc) is 3.05. The number of allylic oxidation sites excluding steroid dienone is 16. The number of carbonyl (C=O) groups excluding carboxylic acids is 4. The second kappa shape index (κ2) is 20.2. The molecule has 0 atom stereocenters. The fourth-order valence-corrected chi connectivity index (χ4v) is 5.66. The topological polar surface area (TPSA) is 149 Å². The van der Waals surface area contributed by atoms with Gasteiger partial charge in [-0.1, -0.05) is 69.9 Å². The zero-order valence-corrected chi connectivity index (χ0v) is 31.7. The quantitative estimate of drug-likeness (QED) is 0.0815. The first-order valence-electron chi connectivity index (χ1n) is 17.7. The smallest absolute Gasteiger partial charge is 0.227 e. The first-order valence-corrected chi connectivity index (χ1v) is 17.7. The third-order valence-corrected chi connectivity index (χ3v) is 9.01. The maximum atomic E-state index is 13.1. The van der Waals surface area contributed by atoms with Gasteiger partial charge in [-0.05, 0) is 120 Å². The molecule has 0 unspecified atom stereocenters. The van der Waals surface area contributed by atoms with Crippen molar-refractivity contribution >= 4 is 23.1 Å². The highest BCUT2D eigenvalue weighted by molar-refractivity contribution is 6.26. The Morgan fingerprint density at radius 2 is 0.647 bits per heavy atom. The van der Waals surface area contributed by atoms with E-state index in [1.807, 2.05) is 13.8 Å². The molecule has 0 aromatic carbocycles. The summed E-state index contributed by atoms with van der Waals surface area (Å²) >= 11 is 0. The Kier molecular flexibility index (Phi) is 16.8. The van der Waals surface area contributed by atoms with Crippen molar-refractivity contribution in [2.45, 2.75) is 126 Å². The van der Waals surface area contributed by atoms with Crippen molar-refractivity contribution < 1.29 is 39.6 Å². The lowest BCUT2D eigenvalue weighted by atomic mass is 9.83. The van der Waals surface area contributed by atoms with E-state index in [0.717, 1.165) is 49.7 Å². The van der Waals surface area contributed by atoms with E-state index in [-0.39, 0.29) is 24.0 Å². The molecule has 0 saturated carbocycles. The van der Waals surface area contributed by atoms with Crippen LogP contribution in [0.3, 0.4) is 0 Å². The van der Waals surface area contributed by atoms with E-state index in [1.54, 1.807) is 12.2 Å². The summed E-state index contributed by atoms with van der Waals surface area (Å²) in [6, 6.07) is 0. The summed E-state index contributed by atoms with van der Waals surface area (Å²) in [4.78, 5) is 52.3. The standard InChI is InChI=1S/C43H56O8/c1-26(2)13-9-15-28(5)17-11-19-30(7)21-23-32-36(44)40(48)34(41(49)37(32)45)25-35-42(50)38(46)33(39(47)43(35)51)24-22-31(8)20-12-18-29(6)16-10-14-27(3)4/h13-14,17-18,21-22,44,46,49,51H,9-12,15-16,19-20,23-25H2,1-8H3. The number of rotatable bonds is 18. The highest BCUT2D eigenvalue weighted by atomic mass is 16.3. The third kappa shape index (κ3) is 12.8. The van der Waals surface area contributed by atoms with Crippen LogP contribution in [0.25, 0.3) is 0 Å². The lowest BCUT2D eigenvalue weighted by Gasteiger charge is -2.21. The van der Waals surface area contributed by atoms with Crippen molar-refractivity contribution in [1.82, 2.24) is 0 Å². The Bertz CT molecular complexity index is 1590. The Hall–Kier alpha value is -4.72. The fraction of sp³-hybridized carbons (Fsp3) is 0.442. The van der Waals surface area contributed by atoms with Gasteiger partial charge in [-0.15, -0.1) is 0 Å². The summed E-state index contributed by atoms with van der Waals surface area (Å²) in [5.74, 6) is -7.90. The summed E-state index contributed by atoms with van der Waals surface area (Å²) in [6.45, 7) is 16.2. The van der Waals surface area contributed by atoms with E-state index in [2.05, 4.69) is 65.8 Å². The predicted molar refractivity (Wildman–Crippen MR) is 203 cm³/mol. The van der Waals surface area contributed by atoms with Crippen LogP contribution in [-0.4, -0.2) is 43.6 Å². The fourth-order valence-electron chi connectivity index (χ4n) is 5.66. The van der Waals surface area contributed by atoms with Gasteiger partial charge in [0.15, 0.2) is 23.0 Å². The molecule has 0 aromatic heterocycles. The molecule has 0 amide bonds. The molecule has 4 N–H and O–H groups in total. The lowest BCUT2D eigenvalue weighted by Crippen LogP contribution is -2.28. The number of ketones is 4. The number of carbonyl (C=O) groups is 4. The number of Topliss-reactive ketones (excluding diaryl/α,β-unsaturated/α-hetero) is 4. The first kappa shape index (κ1) is 42.4. The Morgan fingerprint density at radius 1 is 0.392 bits per heavy atom. The third-order valence-electron chi connectivity index (χ3n) is 9.01. The minimum Gasteiger partial charge on any atom is -0.504 e. The van der Waals surface area contributed by atoms with Crippen LogP contribution in [0.4, 0.5) is 0 Å². The van der Waals surface area contributed by atoms with Gasteiger partial charge in [0.1, 0.15) is 0 Å². The zero-order valence-electron chi connectivity index (χ0n) is 31.7. The minimum absolute atomic E-state index is 0.0970. The normalized spacial score (nSPS) is 16.9. The van der Waals surface area contributed by atoms with Gasteiger partial charge < -0.3 is 20.4 Å². The summed E-state index contributed by atoms with van der Waals surface area (Å²) < 4.78 is 0. The molecule has 8 heteroatoms. The van der Waals surface area contributed by atoms with Crippen LogP contribution >= 0.6 is 0 Å². The van der Waals surface area contributed by atoms with E-state index >= 15 is 0 Å². The molecule has 0 spiro atoms. The van der Waals surface area contributed by atoms with Crippen molar-refractivity contribution in [1.29, 1.82) is 0 Å². The summed E-state index contributed by atoms with van der Waals surface area (Å²) in [7, 11) is 0. The number of hydrogen-bond donors (Lipinski definition) is 4. The highest BCUT2D eigenvalue weighted by Crippen LogP contribution is 2.33. The van der Waals surface area contributed by atoms with Crippen molar-refractivity contribution in [3.8, 4) is 0 Å². The Labute approximate surface area is 303 Å². The van der Waals surface area contributed by atoms with Gasteiger partial charge in [0.2, 0.25) is 23.1 Å². The molecule has 0 aromatic rings. The second-order valence-corrected chi connectivity index (χ2v) is 14.1.